The maximum absolute atomic E-state index is 4.47. The highest BCUT2D eigenvalue weighted by atomic mass is 32.1. The Hall–Kier alpha value is -0.870. The quantitative estimate of drug-likeness (QED) is 0.750. The number of anilines is 1. The highest BCUT2D eigenvalue weighted by Gasteiger charge is 2.29. The van der Waals surface area contributed by atoms with Crippen LogP contribution in [0.3, 0.4) is 0 Å². The number of hydrogen-bond donors (Lipinski definition) is 0. The maximum atomic E-state index is 4.47. The first-order valence-corrected chi connectivity index (χ1v) is 7.26. The standard InChI is InChI=1S/C13H19N3S/c1-15-8-4-11(5-9-15)12-3-2-7-16(12)13-14-6-10-17-13/h4,6,10,12H,2-3,5,7-9H2,1H3/t12-/m0/s1. The highest BCUT2D eigenvalue weighted by Crippen LogP contribution is 2.32. The van der Waals surface area contributed by atoms with E-state index < -0.39 is 0 Å². The molecule has 0 unspecified atom stereocenters. The molecule has 1 atom stereocenters. The average molecular weight is 249 g/mol. The van der Waals surface area contributed by atoms with Crippen molar-refractivity contribution in [1.29, 1.82) is 0 Å². The van der Waals surface area contributed by atoms with Crippen LogP contribution in [-0.2, 0) is 0 Å². The molecule has 0 aliphatic carbocycles. The third-order valence-electron chi connectivity index (χ3n) is 3.79. The van der Waals surface area contributed by atoms with Crippen LogP contribution in [0.5, 0.6) is 0 Å². The van der Waals surface area contributed by atoms with Gasteiger partial charge in [-0.2, -0.15) is 0 Å². The zero-order chi connectivity index (χ0) is 11.7. The molecule has 0 bridgehead atoms. The minimum absolute atomic E-state index is 0.620. The van der Waals surface area contributed by atoms with E-state index in [2.05, 4.69) is 33.3 Å². The van der Waals surface area contributed by atoms with Crippen molar-refractivity contribution in [2.45, 2.75) is 25.3 Å². The molecular weight excluding hydrogens is 230 g/mol. The number of nitrogens with zero attached hydrogens (tertiary/aromatic N) is 3. The number of rotatable bonds is 2. The SMILES string of the molecule is CN1CC=C([C@@H]2CCCN2c2nccs2)CC1. The fourth-order valence-electron chi connectivity index (χ4n) is 2.83. The zero-order valence-electron chi connectivity index (χ0n) is 10.3. The van der Waals surface area contributed by atoms with Crippen LogP contribution in [0.4, 0.5) is 5.13 Å². The molecule has 0 spiro atoms. The Morgan fingerprint density at radius 2 is 2.35 bits per heavy atom. The van der Waals surface area contributed by atoms with E-state index in [1.54, 1.807) is 16.9 Å². The Morgan fingerprint density at radius 3 is 3.06 bits per heavy atom. The van der Waals surface area contributed by atoms with E-state index in [4.69, 9.17) is 0 Å². The molecule has 17 heavy (non-hydrogen) atoms. The summed E-state index contributed by atoms with van der Waals surface area (Å²) in [5, 5.41) is 3.28. The van der Waals surface area contributed by atoms with Crippen molar-refractivity contribution in [2.75, 3.05) is 31.6 Å². The largest absolute Gasteiger partial charge is 0.341 e. The lowest BCUT2D eigenvalue weighted by Crippen LogP contribution is -2.35. The average Bonchev–Trinajstić information content (AvgIpc) is 3.00. The van der Waals surface area contributed by atoms with Gasteiger partial charge in [-0.3, -0.25) is 0 Å². The number of hydrogen-bond acceptors (Lipinski definition) is 4. The molecule has 4 heteroatoms. The van der Waals surface area contributed by atoms with Crippen molar-refractivity contribution in [3.05, 3.63) is 23.2 Å². The molecule has 1 fully saturated rings. The summed E-state index contributed by atoms with van der Waals surface area (Å²) in [6.45, 7) is 3.48. The van der Waals surface area contributed by atoms with E-state index in [9.17, 15) is 0 Å². The van der Waals surface area contributed by atoms with Crippen LogP contribution in [0.1, 0.15) is 19.3 Å². The smallest absolute Gasteiger partial charge is 0.185 e. The summed E-state index contributed by atoms with van der Waals surface area (Å²) >= 11 is 1.77. The van der Waals surface area contributed by atoms with Gasteiger partial charge in [0.1, 0.15) is 0 Å². The lowest BCUT2D eigenvalue weighted by Gasteiger charge is -2.30. The third-order valence-corrected chi connectivity index (χ3v) is 4.60. The second-order valence-corrected chi connectivity index (χ2v) is 5.83. The highest BCUT2D eigenvalue weighted by molar-refractivity contribution is 7.13. The molecule has 0 amide bonds. The maximum Gasteiger partial charge on any atom is 0.185 e. The van der Waals surface area contributed by atoms with Crippen LogP contribution in [0.15, 0.2) is 23.2 Å². The van der Waals surface area contributed by atoms with Gasteiger partial charge >= 0.3 is 0 Å². The molecule has 1 saturated heterocycles. The number of aromatic nitrogens is 1. The van der Waals surface area contributed by atoms with Crippen LogP contribution in [0, 0.1) is 0 Å². The van der Waals surface area contributed by atoms with Gasteiger partial charge in [0.15, 0.2) is 5.13 Å². The van der Waals surface area contributed by atoms with Gasteiger partial charge in [-0.1, -0.05) is 6.08 Å². The first kappa shape index (κ1) is 11.2. The molecule has 0 saturated carbocycles. The summed E-state index contributed by atoms with van der Waals surface area (Å²) in [5.74, 6) is 0. The van der Waals surface area contributed by atoms with Crippen molar-refractivity contribution >= 4 is 16.5 Å². The topological polar surface area (TPSA) is 19.4 Å². The minimum atomic E-state index is 0.620. The number of likely N-dealkylation sites (N-methyl/N-ethyl adjacent to an activating group) is 1. The first-order chi connectivity index (χ1) is 8.34. The molecule has 1 aromatic rings. The van der Waals surface area contributed by atoms with Gasteiger partial charge in [0.05, 0.1) is 6.04 Å². The molecule has 2 aliphatic heterocycles. The van der Waals surface area contributed by atoms with Gasteiger partial charge in [-0.25, -0.2) is 4.98 Å². The van der Waals surface area contributed by atoms with Gasteiger partial charge < -0.3 is 9.80 Å². The van der Waals surface area contributed by atoms with Crippen LogP contribution < -0.4 is 4.90 Å². The van der Waals surface area contributed by atoms with Gasteiger partial charge in [0.25, 0.3) is 0 Å². The first-order valence-electron chi connectivity index (χ1n) is 6.38. The Morgan fingerprint density at radius 1 is 1.41 bits per heavy atom. The van der Waals surface area contributed by atoms with E-state index >= 15 is 0 Å². The van der Waals surface area contributed by atoms with Crippen molar-refractivity contribution < 1.29 is 0 Å². The van der Waals surface area contributed by atoms with Gasteiger partial charge in [0.2, 0.25) is 0 Å². The van der Waals surface area contributed by atoms with Crippen LogP contribution in [-0.4, -0.2) is 42.6 Å². The summed E-state index contributed by atoms with van der Waals surface area (Å²) in [6, 6.07) is 0.620. The Balaban J connectivity index is 1.78. The third kappa shape index (κ3) is 2.24. The van der Waals surface area contributed by atoms with E-state index in [1.165, 1.54) is 37.5 Å². The lowest BCUT2D eigenvalue weighted by atomic mass is 9.98. The Labute approximate surface area is 107 Å². The second-order valence-electron chi connectivity index (χ2n) is 4.96. The summed E-state index contributed by atoms with van der Waals surface area (Å²) in [5.41, 5.74) is 1.64. The molecule has 2 aliphatic rings. The molecule has 0 N–H and O–H groups in total. The van der Waals surface area contributed by atoms with Gasteiger partial charge in [0, 0.05) is 31.2 Å². The molecule has 92 valence electrons. The molecule has 0 radical (unpaired) electrons. The van der Waals surface area contributed by atoms with Crippen molar-refractivity contribution in [1.82, 2.24) is 9.88 Å². The minimum Gasteiger partial charge on any atom is -0.341 e. The normalized spacial score (nSPS) is 26.3. The predicted octanol–water partition coefficient (Wildman–Crippen LogP) is 2.37. The molecular formula is C13H19N3S. The van der Waals surface area contributed by atoms with Crippen molar-refractivity contribution in [3.8, 4) is 0 Å². The Bertz CT molecular complexity index is 399. The van der Waals surface area contributed by atoms with Crippen LogP contribution in [0.2, 0.25) is 0 Å². The summed E-state index contributed by atoms with van der Waals surface area (Å²) in [6.07, 6.45) is 8.17. The molecule has 3 rings (SSSR count). The molecule has 1 aromatic heterocycles. The molecule has 3 heterocycles. The Kier molecular flexibility index (Phi) is 3.16. The summed E-state index contributed by atoms with van der Waals surface area (Å²) < 4.78 is 0. The lowest BCUT2D eigenvalue weighted by molar-refractivity contribution is 0.353. The predicted molar refractivity (Wildman–Crippen MR) is 72.7 cm³/mol. The zero-order valence-corrected chi connectivity index (χ0v) is 11.1. The van der Waals surface area contributed by atoms with Gasteiger partial charge in [-0.15, -0.1) is 11.3 Å². The van der Waals surface area contributed by atoms with Crippen LogP contribution >= 0.6 is 11.3 Å². The van der Waals surface area contributed by atoms with Crippen molar-refractivity contribution in [2.24, 2.45) is 0 Å². The van der Waals surface area contributed by atoms with E-state index in [0.29, 0.717) is 6.04 Å². The van der Waals surface area contributed by atoms with E-state index in [-0.39, 0.29) is 0 Å². The van der Waals surface area contributed by atoms with E-state index in [1.807, 2.05) is 6.20 Å². The monoisotopic (exact) mass is 249 g/mol. The fraction of sp³-hybridized carbons (Fsp3) is 0.615. The molecule has 3 nitrogen and oxygen atoms in total. The molecule has 0 aromatic carbocycles. The van der Waals surface area contributed by atoms with Gasteiger partial charge in [-0.05, 0) is 31.9 Å². The van der Waals surface area contributed by atoms with Crippen molar-refractivity contribution in [3.63, 3.8) is 0 Å². The summed E-state index contributed by atoms with van der Waals surface area (Å²) in [7, 11) is 2.19. The van der Waals surface area contributed by atoms with Crippen LogP contribution in [0.25, 0.3) is 0 Å². The summed E-state index contributed by atoms with van der Waals surface area (Å²) in [4.78, 5) is 9.35. The van der Waals surface area contributed by atoms with E-state index in [0.717, 1.165) is 6.54 Å². The fourth-order valence-corrected chi connectivity index (χ4v) is 3.55. The number of thiazole rings is 1. The second kappa shape index (κ2) is 4.78.